The van der Waals surface area contributed by atoms with Crippen LogP contribution in [0.25, 0.3) is 10.9 Å². The maximum atomic E-state index is 12.8. The number of anilines is 1. The standard InChI is InChI=1S/C25H25N3O4S/c1-32-24-13-5-3-11-22(24)27-33(30,31)21-10-6-9-20(18-21)25(29)26-15-7-16-28-17-14-19-8-2-4-12-23(19)28/h2-6,8-14,17-18,27H,7,15-16H2,1H3,(H,26,29). The molecule has 0 saturated heterocycles. The number of rotatable bonds is 9. The number of nitrogens with zero attached hydrogens (tertiary/aromatic N) is 1. The van der Waals surface area contributed by atoms with Crippen LogP contribution in [0.2, 0.25) is 0 Å². The minimum absolute atomic E-state index is 0.000123. The predicted octanol–water partition coefficient (Wildman–Crippen LogP) is 4.27. The number of methoxy groups -OCH3 is 1. The largest absolute Gasteiger partial charge is 0.495 e. The molecule has 33 heavy (non-hydrogen) atoms. The molecule has 1 heterocycles. The highest BCUT2D eigenvalue weighted by Crippen LogP contribution is 2.26. The summed E-state index contributed by atoms with van der Waals surface area (Å²) < 4.78 is 35.6. The van der Waals surface area contributed by atoms with Gasteiger partial charge in [0.25, 0.3) is 15.9 Å². The highest BCUT2D eigenvalue weighted by molar-refractivity contribution is 7.92. The van der Waals surface area contributed by atoms with Gasteiger partial charge >= 0.3 is 0 Å². The molecule has 0 unspecified atom stereocenters. The van der Waals surface area contributed by atoms with Crippen molar-refractivity contribution in [3.63, 3.8) is 0 Å². The molecule has 0 aliphatic carbocycles. The van der Waals surface area contributed by atoms with E-state index in [2.05, 4.69) is 32.8 Å². The number of nitrogens with one attached hydrogen (secondary N) is 2. The molecule has 4 aromatic rings. The second-order valence-electron chi connectivity index (χ2n) is 7.51. The molecule has 0 aliphatic heterocycles. The van der Waals surface area contributed by atoms with Gasteiger partial charge in [-0.3, -0.25) is 9.52 Å². The van der Waals surface area contributed by atoms with Crippen molar-refractivity contribution < 1.29 is 17.9 Å². The van der Waals surface area contributed by atoms with Crippen molar-refractivity contribution in [2.24, 2.45) is 0 Å². The van der Waals surface area contributed by atoms with E-state index >= 15 is 0 Å². The van der Waals surface area contributed by atoms with Crippen LogP contribution < -0.4 is 14.8 Å². The van der Waals surface area contributed by atoms with Crippen LogP contribution in [0.1, 0.15) is 16.8 Å². The van der Waals surface area contributed by atoms with Gasteiger partial charge in [0.1, 0.15) is 5.75 Å². The molecule has 8 heteroatoms. The number of aromatic nitrogens is 1. The molecule has 1 aromatic heterocycles. The number of carbonyl (C=O) groups excluding carboxylic acids is 1. The zero-order chi connectivity index (χ0) is 23.3. The predicted molar refractivity (Wildman–Crippen MR) is 129 cm³/mol. The first-order valence-electron chi connectivity index (χ1n) is 10.6. The van der Waals surface area contributed by atoms with E-state index in [9.17, 15) is 13.2 Å². The average Bonchev–Trinajstić information content (AvgIpc) is 3.25. The van der Waals surface area contributed by atoms with Gasteiger partial charge in [0, 0.05) is 30.4 Å². The van der Waals surface area contributed by atoms with Crippen LogP contribution in [-0.4, -0.2) is 32.5 Å². The molecular weight excluding hydrogens is 438 g/mol. The zero-order valence-corrected chi connectivity index (χ0v) is 19.0. The van der Waals surface area contributed by atoms with Gasteiger partial charge in [0.05, 0.1) is 17.7 Å². The molecule has 0 radical (unpaired) electrons. The Bertz CT molecular complexity index is 1380. The number of carbonyl (C=O) groups is 1. The van der Waals surface area contributed by atoms with Crippen LogP contribution in [0, 0.1) is 0 Å². The number of para-hydroxylation sites is 3. The van der Waals surface area contributed by atoms with E-state index in [-0.39, 0.29) is 16.4 Å². The van der Waals surface area contributed by atoms with Gasteiger partial charge in [0.15, 0.2) is 0 Å². The summed E-state index contributed by atoms with van der Waals surface area (Å²) in [7, 11) is -2.42. The molecule has 0 aliphatic rings. The second kappa shape index (κ2) is 9.79. The van der Waals surface area contributed by atoms with Gasteiger partial charge in [-0.05, 0) is 54.3 Å². The lowest BCUT2D eigenvalue weighted by molar-refractivity contribution is 0.0952. The Morgan fingerprint density at radius 2 is 1.76 bits per heavy atom. The minimum atomic E-state index is -3.89. The Labute approximate surface area is 193 Å². The number of hydrogen-bond acceptors (Lipinski definition) is 4. The minimum Gasteiger partial charge on any atom is -0.495 e. The van der Waals surface area contributed by atoms with Gasteiger partial charge in [0.2, 0.25) is 0 Å². The molecule has 0 saturated carbocycles. The number of fused-ring (bicyclic) bond motifs is 1. The summed E-state index contributed by atoms with van der Waals surface area (Å²) in [6.45, 7) is 1.24. The highest BCUT2D eigenvalue weighted by atomic mass is 32.2. The van der Waals surface area contributed by atoms with Crippen molar-refractivity contribution >= 4 is 32.5 Å². The fourth-order valence-corrected chi connectivity index (χ4v) is 4.74. The topological polar surface area (TPSA) is 89.4 Å². The van der Waals surface area contributed by atoms with Crippen LogP contribution in [0.5, 0.6) is 5.75 Å². The highest BCUT2D eigenvalue weighted by Gasteiger charge is 2.18. The van der Waals surface area contributed by atoms with E-state index in [1.165, 1.54) is 24.6 Å². The summed E-state index contributed by atoms with van der Waals surface area (Å²) in [5.41, 5.74) is 1.76. The number of hydrogen-bond donors (Lipinski definition) is 2. The Hall–Kier alpha value is -3.78. The SMILES string of the molecule is COc1ccccc1NS(=O)(=O)c1cccc(C(=O)NCCCn2ccc3ccccc32)c1. The van der Waals surface area contributed by atoms with Crippen molar-refractivity contribution in [3.05, 3.63) is 90.6 Å². The third-order valence-corrected chi connectivity index (χ3v) is 6.66. The zero-order valence-electron chi connectivity index (χ0n) is 18.2. The normalized spacial score (nSPS) is 11.3. The van der Waals surface area contributed by atoms with Crippen LogP contribution in [0.4, 0.5) is 5.69 Å². The number of benzene rings is 3. The first-order chi connectivity index (χ1) is 16.0. The van der Waals surface area contributed by atoms with E-state index in [1.807, 2.05) is 18.3 Å². The first kappa shape index (κ1) is 22.4. The molecule has 0 bridgehead atoms. The molecule has 4 rings (SSSR count). The van der Waals surface area contributed by atoms with Crippen molar-refractivity contribution in [2.45, 2.75) is 17.9 Å². The summed E-state index contributed by atoms with van der Waals surface area (Å²) in [6.07, 6.45) is 2.79. The van der Waals surface area contributed by atoms with Crippen LogP contribution in [0.15, 0.2) is 90.0 Å². The summed E-state index contributed by atoms with van der Waals surface area (Å²) in [6, 6.07) is 22.9. The van der Waals surface area contributed by atoms with Crippen LogP contribution in [-0.2, 0) is 16.6 Å². The molecule has 0 atom stereocenters. The van der Waals surface area contributed by atoms with Gasteiger partial charge in [-0.1, -0.05) is 36.4 Å². The maximum absolute atomic E-state index is 12.8. The molecule has 7 nitrogen and oxygen atoms in total. The van der Waals surface area contributed by atoms with Crippen LogP contribution in [0.3, 0.4) is 0 Å². The monoisotopic (exact) mass is 463 g/mol. The van der Waals surface area contributed by atoms with E-state index in [1.54, 1.807) is 36.4 Å². The Morgan fingerprint density at radius 1 is 0.970 bits per heavy atom. The maximum Gasteiger partial charge on any atom is 0.262 e. The molecular formula is C25H25N3O4S. The lowest BCUT2D eigenvalue weighted by atomic mass is 10.2. The van der Waals surface area contributed by atoms with Gasteiger partial charge < -0.3 is 14.6 Å². The van der Waals surface area contributed by atoms with E-state index in [4.69, 9.17) is 4.74 Å². The third-order valence-electron chi connectivity index (χ3n) is 5.30. The molecule has 0 spiro atoms. The van der Waals surface area contributed by atoms with Crippen molar-refractivity contribution in [2.75, 3.05) is 18.4 Å². The summed E-state index contributed by atoms with van der Waals surface area (Å²) in [5, 5.41) is 4.05. The van der Waals surface area contributed by atoms with Gasteiger partial charge in [-0.25, -0.2) is 8.42 Å². The quantitative estimate of drug-likeness (QED) is 0.363. The molecule has 0 fully saturated rings. The fourth-order valence-electron chi connectivity index (χ4n) is 3.63. The lowest BCUT2D eigenvalue weighted by Gasteiger charge is -2.12. The summed E-state index contributed by atoms with van der Waals surface area (Å²) in [5.74, 6) is 0.0900. The molecule has 170 valence electrons. The second-order valence-corrected chi connectivity index (χ2v) is 9.19. The first-order valence-corrected chi connectivity index (χ1v) is 12.0. The van der Waals surface area contributed by atoms with Crippen molar-refractivity contribution in [1.29, 1.82) is 0 Å². The fraction of sp³-hybridized carbons (Fsp3) is 0.160. The lowest BCUT2D eigenvalue weighted by Crippen LogP contribution is -2.25. The number of ether oxygens (including phenoxy) is 1. The van der Waals surface area contributed by atoms with Crippen molar-refractivity contribution in [3.8, 4) is 5.75 Å². The molecule has 1 amide bonds. The van der Waals surface area contributed by atoms with Crippen molar-refractivity contribution in [1.82, 2.24) is 9.88 Å². The average molecular weight is 464 g/mol. The van der Waals surface area contributed by atoms with Gasteiger partial charge in [-0.15, -0.1) is 0 Å². The summed E-state index contributed by atoms with van der Waals surface area (Å²) in [4.78, 5) is 12.6. The van der Waals surface area contributed by atoms with E-state index in [0.717, 1.165) is 18.5 Å². The van der Waals surface area contributed by atoms with Gasteiger partial charge in [-0.2, -0.15) is 0 Å². The summed E-state index contributed by atoms with van der Waals surface area (Å²) >= 11 is 0. The Balaban J connectivity index is 1.38. The number of amides is 1. The van der Waals surface area contributed by atoms with E-state index < -0.39 is 10.0 Å². The van der Waals surface area contributed by atoms with Crippen LogP contribution >= 0.6 is 0 Å². The smallest absolute Gasteiger partial charge is 0.262 e. The Morgan fingerprint density at radius 3 is 2.61 bits per heavy atom. The molecule has 3 aromatic carbocycles. The number of aryl methyl sites for hydroxylation is 1. The number of sulfonamides is 1. The van der Waals surface area contributed by atoms with E-state index in [0.29, 0.717) is 18.0 Å². The Kier molecular flexibility index (Phi) is 6.65. The molecule has 2 N–H and O–H groups in total. The third kappa shape index (κ3) is 5.18.